The molecule has 0 radical (unpaired) electrons. The average Bonchev–Trinajstić information content (AvgIpc) is 3.16. The number of benzene rings is 1. The molecule has 1 saturated heterocycles. The van der Waals surface area contributed by atoms with Gasteiger partial charge in [-0.1, -0.05) is 36.4 Å². The van der Waals surface area contributed by atoms with E-state index in [4.69, 9.17) is 4.74 Å². The molecule has 1 fully saturated rings. The molecule has 0 atom stereocenters. The van der Waals surface area contributed by atoms with Gasteiger partial charge in [0.2, 0.25) is 5.91 Å². The number of thiophene rings is 1. The molecule has 1 aromatic carbocycles. The fourth-order valence-electron chi connectivity index (χ4n) is 3.33. The second-order valence-electron chi connectivity index (χ2n) is 6.75. The van der Waals surface area contributed by atoms with Crippen LogP contribution in [0.3, 0.4) is 0 Å². The first-order valence-corrected chi connectivity index (χ1v) is 10.1. The van der Waals surface area contributed by atoms with Gasteiger partial charge in [0, 0.05) is 37.6 Å². The zero-order chi connectivity index (χ0) is 17.3. The third kappa shape index (κ3) is 5.98. The van der Waals surface area contributed by atoms with E-state index in [0.717, 1.165) is 52.0 Å². The van der Waals surface area contributed by atoms with Gasteiger partial charge in [0.25, 0.3) is 0 Å². The maximum absolute atomic E-state index is 12.8. The van der Waals surface area contributed by atoms with Gasteiger partial charge < -0.3 is 9.64 Å². The van der Waals surface area contributed by atoms with Crippen LogP contribution in [0.4, 0.5) is 0 Å². The minimum absolute atomic E-state index is 0.284. The topological polar surface area (TPSA) is 29.5 Å². The first kappa shape index (κ1) is 18.2. The van der Waals surface area contributed by atoms with Crippen molar-refractivity contribution < 1.29 is 9.53 Å². The van der Waals surface area contributed by atoms with Crippen molar-refractivity contribution >= 4 is 17.2 Å². The van der Waals surface area contributed by atoms with Crippen LogP contribution in [0, 0.1) is 5.92 Å². The molecule has 134 valence electrons. The van der Waals surface area contributed by atoms with Gasteiger partial charge in [0.1, 0.15) is 0 Å². The Morgan fingerprint density at radius 3 is 2.64 bits per heavy atom. The van der Waals surface area contributed by atoms with E-state index in [0.29, 0.717) is 12.3 Å². The van der Waals surface area contributed by atoms with Crippen LogP contribution < -0.4 is 0 Å². The summed E-state index contributed by atoms with van der Waals surface area (Å²) < 4.78 is 5.46. The average molecular weight is 358 g/mol. The minimum Gasteiger partial charge on any atom is -0.381 e. The van der Waals surface area contributed by atoms with Gasteiger partial charge in [0.05, 0.1) is 0 Å². The lowest BCUT2D eigenvalue weighted by Crippen LogP contribution is -2.36. The Balaban J connectivity index is 1.56. The number of aryl methyl sites for hydroxylation is 1. The lowest BCUT2D eigenvalue weighted by Gasteiger charge is -2.30. The summed E-state index contributed by atoms with van der Waals surface area (Å²) in [6.07, 6.45) is 4.69. The van der Waals surface area contributed by atoms with Crippen molar-refractivity contribution in [2.45, 2.75) is 38.6 Å². The summed E-state index contributed by atoms with van der Waals surface area (Å²) in [4.78, 5) is 16.3. The molecule has 0 bridgehead atoms. The number of ether oxygens (including phenoxy) is 1. The van der Waals surface area contributed by atoms with Crippen LogP contribution in [0.2, 0.25) is 0 Å². The molecule has 1 amide bonds. The summed E-state index contributed by atoms with van der Waals surface area (Å²) >= 11 is 1.78. The molecule has 3 nitrogen and oxygen atoms in total. The van der Waals surface area contributed by atoms with E-state index in [2.05, 4.69) is 34.5 Å². The van der Waals surface area contributed by atoms with Crippen LogP contribution in [-0.2, 0) is 22.5 Å². The predicted octanol–water partition coefficient (Wildman–Crippen LogP) is 4.53. The maximum atomic E-state index is 12.8. The largest absolute Gasteiger partial charge is 0.381 e. The van der Waals surface area contributed by atoms with E-state index in [-0.39, 0.29) is 5.91 Å². The summed E-state index contributed by atoms with van der Waals surface area (Å²) in [6, 6.07) is 14.6. The van der Waals surface area contributed by atoms with E-state index in [1.807, 2.05) is 18.2 Å². The van der Waals surface area contributed by atoms with Crippen LogP contribution in [0.1, 0.15) is 36.1 Å². The van der Waals surface area contributed by atoms with Crippen LogP contribution in [0.5, 0.6) is 0 Å². The molecule has 4 heteroatoms. The predicted molar refractivity (Wildman–Crippen MR) is 103 cm³/mol. The standard InChI is InChI=1S/C21H27NO2S/c23-21(10-4-8-20-9-5-15-25-20)22(16-18-6-2-1-3-7-18)17-19-11-13-24-14-12-19/h1-3,5-7,9,15,19H,4,8,10-14,16-17H2. The molecule has 0 spiro atoms. The van der Waals surface area contributed by atoms with Gasteiger partial charge in [-0.25, -0.2) is 0 Å². The Kier molecular flexibility index (Phi) is 7.07. The Bertz CT molecular complexity index is 621. The molecule has 0 N–H and O–H groups in total. The van der Waals surface area contributed by atoms with Gasteiger partial charge >= 0.3 is 0 Å². The summed E-state index contributed by atoms with van der Waals surface area (Å²) in [5, 5.41) is 2.10. The van der Waals surface area contributed by atoms with Crippen molar-refractivity contribution in [2.75, 3.05) is 19.8 Å². The Hall–Kier alpha value is -1.65. The molecular weight excluding hydrogens is 330 g/mol. The summed E-state index contributed by atoms with van der Waals surface area (Å²) in [5.41, 5.74) is 1.21. The van der Waals surface area contributed by atoms with Crippen molar-refractivity contribution in [1.82, 2.24) is 4.90 Å². The summed E-state index contributed by atoms with van der Waals surface area (Å²) in [5.74, 6) is 0.852. The Morgan fingerprint density at radius 2 is 1.92 bits per heavy atom. The van der Waals surface area contributed by atoms with Gasteiger partial charge in [0.15, 0.2) is 0 Å². The molecule has 1 aliphatic heterocycles. The first-order chi connectivity index (χ1) is 12.3. The third-order valence-electron chi connectivity index (χ3n) is 4.78. The second-order valence-corrected chi connectivity index (χ2v) is 7.78. The molecule has 0 saturated carbocycles. The number of amides is 1. The van der Waals surface area contributed by atoms with Gasteiger partial charge in [-0.15, -0.1) is 11.3 Å². The molecule has 0 aliphatic carbocycles. The normalized spacial score (nSPS) is 15.2. The van der Waals surface area contributed by atoms with E-state index in [9.17, 15) is 4.79 Å². The number of carbonyl (C=O) groups excluding carboxylic acids is 1. The summed E-state index contributed by atoms with van der Waals surface area (Å²) in [7, 11) is 0. The highest BCUT2D eigenvalue weighted by Gasteiger charge is 2.21. The number of nitrogens with zero attached hydrogens (tertiary/aromatic N) is 1. The summed E-state index contributed by atoms with van der Waals surface area (Å²) in [6.45, 7) is 3.24. The van der Waals surface area contributed by atoms with Gasteiger partial charge in [-0.05, 0) is 48.6 Å². The highest BCUT2D eigenvalue weighted by atomic mass is 32.1. The van der Waals surface area contributed by atoms with E-state index >= 15 is 0 Å². The Morgan fingerprint density at radius 1 is 1.12 bits per heavy atom. The highest BCUT2D eigenvalue weighted by molar-refractivity contribution is 7.09. The molecule has 2 aromatic rings. The molecule has 1 aliphatic rings. The lowest BCUT2D eigenvalue weighted by molar-refractivity contribution is -0.133. The molecule has 25 heavy (non-hydrogen) atoms. The Labute approximate surface area is 154 Å². The zero-order valence-electron chi connectivity index (χ0n) is 14.7. The number of carbonyl (C=O) groups is 1. The molecular formula is C21H27NO2S. The number of hydrogen-bond acceptors (Lipinski definition) is 3. The van der Waals surface area contributed by atoms with E-state index in [1.165, 1.54) is 10.4 Å². The van der Waals surface area contributed by atoms with Crippen molar-refractivity contribution in [3.05, 3.63) is 58.3 Å². The van der Waals surface area contributed by atoms with Crippen molar-refractivity contribution in [3.63, 3.8) is 0 Å². The highest BCUT2D eigenvalue weighted by Crippen LogP contribution is 2.19. The lowest BCUT2D eigenvalue weighted by atomic mass is 9.99. The number of rotatable bonds is 8. The third-order valence-corrected chi connectivity index (χ3v) is 5.72. The second kappa shape index (κ2) is 9.73. The van der Waals surface area contributed by atoms with Crippen molar-refractivity contribution in [1.29, 1.82) is 0 Å². The van der Waals surface area contributed by atoms with Gasteiger partial charge in [-0.3, -0.25) is 4.79 Å². The quantitative estimate of drug-likeness (QED) is 0.695. The fraction of sp³-hybridized carbons (Fsp3) is 0.476. The maximum Gasteiger partial charge on any atom is 0.222 e. The fourth-order valence-corrected chi connectivity index (χ4v) is 4.08. The van der Waals surface area contributed by atoms with Crippen LogP contribution in [0.15, 0.2) is 47.8 Å². The van der Waals surface area contributed by atoms with E-state index < -0.39 is 0 Å². The van der Waals surface area contributed by atoms with E-state index in [1.54, 1.807) is 11.3 Å². The van der Waals surface area contributed by atoms with Crippen LogP contribution in [-0.4, -0.2) is 30.6 Å². The molecule has 0 unspecified atom stereocenters. The van der Waals surface area contributed by atoms with Crippen molar-refractivity contribution in [3.8, 4) is 0 Å². The van der Waals surface area contributed by atoms with Crippen molar-refractivity contribution in [2.24, 2.45) is 5.92 Å². The first-order valence-electron chi connectivity index (χ1n) is 9.23. The van der Waals surface area contributed by atoms with Gasteiger partial charge in [-0.2, -0.15) is 0 Å². The molecule has 1 aromatic heterocycles. The van der Waals surface area contributed by atoms with Crippen LogP contribution in [0.25, 0.3) is 0 Å². The smallest absolute Gasteiger partial charge is 0.222 e. The molecule has 3 rings (SSSR count). The zero-order valence-corrected chi connectivity index (χ0v) is 15.5. The monoisotopic (exact) mass is 357 g/mol. The molecule has 2 heterocycles. The van der Waals surface area contributed by atoms with Crippen LogP contribution >= 0.6 is 11.3 Å². The SMILES string of the molecule is O=C(CCCc1cccs1)N(Cc1ccccc1)CC1CCOCC1. The minimum atomic E-state index is 0.284. The number of hydrogen-bond donors (Lipinski definition) is 0.